The van der Waals surface area contributed by atoms with Gasteiger partial charge < -0.3 is 5.11 Å². The maximum atomic E-state index is 9.63. The lowest BCUT2D eigenvalue weighted by Gasteiger charge is -2.01. The van der Waals surface area contributed by atoms with Crippen LogP contribution in [0.2, 0.25) is 15.1 Å². The van der Waals surface area contributed by atoms with Crippen LogP contribution in [0.4, 0.5) is 11.4 Å². The SMILES string of the molecule is Oc1ccc(Br)cc1N=Nc1cc(Cl)c(Cl)cc1Cl. The number of nitrogens with zero attached hydrogens (tertiary/aromatic N) is 2. The quantitative estimate of drug-likeness (QED) is 0.467. The van der Waals surface area contributed by atoms with Crippen LogP contribution in [-0.4, -0.2) is 5.11 Å². The molecule has 0 saturated carbocycles. The molecule has 19 heavy (non-hydrogen) atoms. The van der Waals surface area contributed by atoms with Gasteiger partial charge in [-0.25, -0.2) is 0 Å². The second-order valence-electron chi connectivity index (χ2n) is 3.55. The molecule has 0 unspecified atom stereocenters. The first-order valence-corrected chi connectivity index (χ1v) is 6.95. The Morgan fingerprint density at radius 3 is 2.21 bits per heavy atom. The summed E-state index contributed by atoms with van der Waals surface area (Å²) in [6, 6.07) is 7.82. The van der Waals surface area contributed by atoms with Crippen molar-refractivity contribution < 1.29 is 5.11 Å². The van der Waals surface area contributed by atoms with Gasteiger partial charge in [-0.1, -0.05) is 50.7 Å². The molecule has 0 spiro atoms. The highest BCUT2D eigenvalue weighted by molar-refractivity contribution is 9.10. The van der Waals surface area contributed by atoms with Gasteiger partial charge in [0, 0.05) is 4.47 Å². The summed E-state index contributed by atoms with van der Waals surface area (Å²) in [7, 11) is 0. The average molecular weight is 380 g/mol. The monoisotopic (exact) mass is 378 g/mol. The summed E-state index contributed by atoms with van der Waals surface area (Å²) in [5, 5.41) is 18.5. The van der Waals surface area contributed by atoms with Crippen molar-refractivity contribution in [2.75, 3.05) is 0 Å². The van der Waals surface area contributed by atoms with E-state index >= 15 is 0 Å². The zero-order chi connectivity index (χ0) is 14.0. The van der Waals surface area contributed by atoms with Gasteiger partial charge in [0.25, 0.3) is 0 Å². The molecule has 2 rings (SSSR count). The van der Waals surface area contributed by atoms with Crippen molar-refractivity contribution in [1.82, 2.24) is 0 Å². The minimum absolute atomic E-state index is 0.0168. The van der Waals surface area contributed by atoms with Gasteiger partial charge in [0.05, 0.1) is 15.1 Å². The van der Waals surface area contributed by atoms with Crippen LogP contribution in [0, 0.1) is 0 Å². The summed E-state index contributed by atoms with van der Waals surface area (Å²) in [4.78, 5) is 0. The van der Waals surface area contributed by atoms with Gasteiger partial charge in [0.2, 0.25) is 0 Å². The molecule has 0 aromatic heterocycles. The molecule has 0 heterocycles. The molecule has 7 heteroatoms. The average Bonchev–Trinajstić information content (AvgIpc) is 2.36. The Kier molecular flexibility index (Phi) is 4.68. The van der Waals surface area contributed by atoms with Crippen molar-refractivity contribution in [3.63, 3.8) is 0 Å². The van der Waals surface area contributed by atoms with Gasteiger partial charge in [0.1, 0.15) is 17.1 Å². The molecule has 0 atom stereocenters. The fourth-order valence-electron chi connectivity index (χ4n) is 1.27. The number of aromatic hydroxyl groups is 1. The summed E-state index contributed by atoms with van der Waals surface area (Å²) >= 11 is 20.9. The fraction of sp³-hybridized carbons (Fsp3) is 0. The highest BCUT2D eigenvalue weighted by Crippen LogP contribution is 2.36. The molecule has 0 fully saturated rings. The molecular formula is C12H6BrCl3N2O. The number of hydrogen-bond donors (Lipinski definition) is 1. The second-order valence-corrected chi connectivity index (χ2v) is 5.69. The third-order valence-electron chi connectivity index (χ3n) is 2.19. The Morgan fingerprint density at radius 2 is 1.47 bits per heavy atom. The zero-order valence-electron chi connectivity index (χ0n) is 9.24. The predicted octanol–water partition coefficient (Wildman–Crippen LogP) is 6.53. The van der Waals surface area contributed by atoms with E-state index in [0.29, 0.717) is 26.4 Å². The Hall–Kier alpha value is -0.810. The number of azo groups is 1. The lowest BCUT2D eigenvalue weighted by molar-refractivity contribution is 0.476. The van der Waals surface area contributed by atoms with E-state index in [-0.39, 0.29) is 5.75 Å². The summed E-state index contributed by atoms with van der Waals surface area (Å²) in [5.41, 5.74) is 0.687. The smallest absolute Gasteiger partial charge is 0.143 e. The van der Waals surface area contributed by atoms with Crippen molar-refractivity contribution in [2.24, 2.45) is 10.2 Å². The van der Waals surface area contributed by atoms with Crippen LogP contribution < -0.4 is 0 Å². The van der Waals surface area contributed by atoms with Gasteiger partial charge >= 0.3 is 0 Å². The Bertz CT molecular complexity index is 662. The summed E-state index contributed by atoms with van der Waals surface area (Å²) in [6.45, 7) is 0. The Balaban J connectivity index is 2.38. The number of phenols is 1. The minimum Gasteiger partial charge on any atom is -0.506 e. The van der Waals surface area contributed by atoms with Crippen LogP contribution >= 0.6 is 50.7 Å². The molecule has 0 aliphatic heterocycles. The van der Waals surface area contributed by atoms with E-state index in [9.17, 15) is 5.11 Å². The topological polar surface area (TPSA) is 45.0 Å². The van der Waals surface area contributed by atoms with E-state index in [4.69, 9.17) is 34.8 Å². The minimum atomic E-state index is 0.0168. The molecule has 0 aliphatic rings. The lowest BCUT2D eigenvalue weighted by Crippen LogP contribution is -1.73. The first kappa shape index (κ1) is 14.6. The third-order valence-corrected chi connectivity index (χ3v) is 3.71. The molecule has 2 aromatic carbocycles. The van der Waals surface area contributed by atoms with Crippen LogP contribution in [0.15, 0.2) is 45.0 Å². The van der Waals surface area contributed by atoms with Gasteiger partial charge in [-0.05, 0) is 30.3 Å². The number of benzene rings is 2. The van der Waals surface area contributed by atoms with E-state index in [1.165, 1.54) is 18.2 Å². The fourth-order valence-corrected chi connectivity index (χ4v) is 2.20. The molecule has 0 saturated heterocycles. The molecule has 2 aromatic rings. The zero-order valence-corrected chi connectivity index (χ0v) is 13.1. The number of rotatable bonds is 2. The summed E-state index contributed by atoms with van der Waals surface area (Å²) in [5.74, 6) is 0.0168. The van der Waals surface area contributed by atoms with E-state index in [1.807, 2.05) is 0 Å². The summed E-state index contributed by atoms with van der Waals surface area (Å²) < 4.78 is 0.777. The van der Waals surface area contributed by atoms with Crippen LogP contribution in [0.25, 0.3) is 0 Å². The predicted molar refractivity (Wildman–Crippen MR) is 81.5 cm³/mol. The van der Waals surface area contributed by atoms with Crippen molar-refractivity contribution >= 4 is 62.1 Å². The number of phenolic OH excluding ortho intramolecular Hbond substituents is 1. The van der Waals surface area contributed by atoms with Crippen molar-refractivity contribution in [2.45, 2.75) is 0 Å². The molecule has 0 bridgehead atoms. The van der Waals surface area contributed by atoms with Crippen molar-refractivity contribution in [3.05, 3.63) is 49.9 Å². The lowest BCUT2D eigenvalue weighted by atomic mass is 10.3. The Labute approximate surface area is 133 Å². The van der Waals surface area contributed by atoms with Gasteiger partial charge in [-0.3, -0.25) is 0 Å². The van der Waals surface area contributed by atoms with Gasteiger partial charge in [-0.2, -0.15) is 0 Å². The van der Waals surface area contributed by atoms with E-state index in [0.717, 1.165) is 4.47 Å². The maximum Gasteiger partial charge on any atom is 0.143 e. The third kappa shape index (κ3) is 3.60. The van der Waals surface area contributed by atoms with Crippen molar-refractivity contribution in [3.8, 4) is 5.75 Å². The van der Waals surface area contributed by atoms with Crippen LogP contribution in [0.1, 0.15) is 0 Å². The molecule has 0 aliphatic carbocycles. The van der Waals surface area contributed by atoms with E-state index < -0.39 is 0 Å². The molecule has 0 amide bonds. The van der Waals surface area contributed by atoms with Crippen LogP contribution in [-0.2, 0) is 0 Å². The second kappa shape index (κ2) is 6.09. The first-order valence-electron chi connectivity index (χ1n) is 5.02. The maximum absolute atomic E-state index is 9.63. The highest BCUT2D eigenvalue weighted by atomic mass is 79.9. The number of halogens is 4. The van der Waals surface area contributed by atoms with Gasteiger partial charge in [0.15, 0.2) is 0 Å². The normalized spacial score (nSPS) is 11.2. The summed E-state index contributed by atoms with van der Waals surface area (Å²) in [6.07, 6.45) is 0. The van der Waals surface area contributed by atoms with E-state index in [2.05, 4.69) is 26.2 Å². The molecular weight excluding hydrogens is 374 g/mol. The van der Waals surface area contributed by atoms with Crippen LogP contribution in [0.3, 0.4) is 0 Å². The molecule has 98 valence electrons. The Morgan fingerprint density at radius 1 is 0.842 bits per heavy atom. The first-order chi connectivity index (χ1) is 8.97. The molecule has 0 radical (unpaired) electrons. The van der Waals surface area contributed by atoms with E-state index in [1.54, 1.807) is 12.1 Å². The molecule has 3 nitrogen and oxygen atoms in total. The standard InChI is InChI=1S/C12H6BrCl3N2O/c13-6-1-2-12(19)11(3-6)18-17-10-5-8(15)7(14)4-9(10)16/h1-5,19H. The molecule has 1 N–H and O–H groups in total. The van der Waals surface area contributed by atoms with Crippen molar-refractivity contribution in [1.29, 1.82) is 0 Å². The largest absolute Gasteiger partial charge is 0.506 e. The highest BCUT2D eigenvalue weighted by Gasteiger charge is 2.06. The van der Waals surface area contributed by atoms with Crippen LogP contribution in [0.5, 0.6) is 5.75 Å². The van der Waals surface area contributed by atoms with Gasteiger partial charge in [-0.15, -0.1) is 10.2 Å². The number of hydrogen-bond acceptors (Lipinski definition) is 3.